The van der Waals surface area contributed by atoms with E-state index < -0.39 is 12.2 Å². The first-order valence-corrected chi connectivity index (χ1v) is 8.67. The van der Waals surface area contributed by atoms with E-state index in [0.717, 1.165) is 28.2 Å². The minimum atomic E-state index is -0.474. The number of esters is 2. The zero-order chi connectivity index (χ0) is 19.6. The fourth-order valence-corrected chi connectivity index (χ4v) is 3.29. The van der Waals surface area contributed by atoms with Crippen molar-refractivity contribution in [3.63, 3.8) is 0 Å². The maximum atomic E-state index is 11.6. The molecule has 2 aromatic carbocycles. The lowest BCUT2D eigenvalue weighted by molar-refractivity contribution is -0.152. The predicted molar refractivity (Wildman–Crippen MR) is 98.1 cm³/mol. The second kappa shape index (κ2) is 7.70. The fraction of sp³-hybridized carbons (Fsp3) is 0.333. The van der Waals surface area contributed by atoms with Crippen LogP contribution in [0, 0.1) is 6.92 Å². The van der Waals surface area contributed by atoms with Gasteiger partial charge in [0.25, 0.3) is 0 Å². The summed E-state index contributed by atoms with van der Waals surface area (Å²) in [6.07, 6.45) is -0.392. The summed E-state index contributed by atoms with van der Waals surface area (Å²) in [5.41, 5.74) is 2.69. The Kier molecular flexibility index (Phi) is 5.35. The summed E-state index contributed by atoms with van der Waals surface area (Å²) < 4.78 is 22.2. The summed E-state index contributed by atoms with van der Waals surface area (Å²) in [4.78, 5) is 22.7. The molecule has 0 aliphatic carbocycles. The van der Waals surface area contributed by atoms with Gasteiger partial charge in [0, 0.05) is 25.8 Å². The normalized spacial score (nSPS) is 18.1. The van der Waals surface area contributed by atoms with Gasteiger partial charge in [-0.1, -0.05) is 18.2 Å². The topological polar surface area (TPSA) is 71.1 Å². The minimum absolute atomic E-state index is 0.362. The Bertz CT molecular complexity index is 856. The maximum absolute atomic E-state index is 11.6. The lowest BCUT2D eigenvalue weighted by Gasteiger charge is -2.34. The molecule has 0 spiro atoms. The third kappa shape index (κ3) is 4.05. The van der Waals surface area contributed by atoms with Gasteiger partial charge in [-0.15, -0.1) is 0 Å². The van der Waals surface area contributed by atoms with Crippen LogP contribution in [0.25, 0.3) is 0 Å². The number of hydrogen-bond acceptors (Lipinski definition) is 6. The smallest absolute Gasteiger partial charge is 0.308 e. The Balaban J connectivity index is 1.96. The Morgan fingerprint density at radius 1 is 1.04 bits per heavy atom. The lowest BCUT2D eigenvalue weighted by Crippen LogP contribution is -2.34. The van der Waals surface area contributed by atoms with Gasteiger partial charge in [-0.3, -0.25) is 9.59 Å². The summed E-state index contributed by atoms with van der Waals surface area (Å²) in [5, 5.41) is 0. The molecule has 0 unspecified atom stereocenters. The van der Waals surface area contributed by atoms with Crippen molar-refractivity contribution < 1.29 is 28.5 Å². The highest BCUT2D eigenvalue weighted by Crippen LogP contribution is 2.41. The van der Waals surface area contributed by atoms with Gasteiger partial charge in [-0.2, -0.15) is 0 Å². The largest absolute Gasteiger partial charge is 0.496 e. The molecule has 1 heterocycles. The summed E-state index contributed by atoms with van der Waals surface area (Å²) in [6.45, 7) is 4.67. The van der Waals surface area contributed by atoms with E-state index in [9.17, 15) is 9.59 Å². The summed E-state index contributed by atoms with van der Waals surface area (Å²) in [6, 6.07) is 10.8. The molecular formula is C21H22O6. The van der Waals surface area contributed by atoms with E-state index in [2.05, 4.69) is 0 Å². The molecule has 142 valence electrons. The van der Waals surface area contributed by atoms with Crippen molar-refractivity contribution in [1.29, 1.82) is 0 Å². The molecule has 6 heteroatoms. The highest BCUT2D eigenvalue weighted by molar-refractivity contribution is 5.69. The van der Waals surface area contributed by atoms with E-state index in [1.807, 2.05) is 19.1 Å². The molecule has 1 aliphatic heterocycles. The third-order valence-electron chi connectivity index (χ3n) is 4.45. The van der Waals surface area contributed by atoms with Gasteiger partial charge in [0.15, 0.2) is 6.10 Å². The van der Waals surface area contributed by atoms with Crippen molar-refractivity contribution in [3.8, 4) is 17.2 Å². The van der Waals surface area contributed by atoms with Gasteiger partial charge >= 0.3 is 11.9 Å². The molecule has 0 saturated heterocycles. The van der Waals surface area contributed by atoms with E-state index in [-0.39, 0.29) is 11.9 Å². The quantitative estimate of drug-likeness (QED) is 0.606. The van der Waals surface area contributed by atoms with Crippen molar-refractivity contribution >= 4 is 11.9 Å². The van der Waals surface area contributed by atoms with Crippen molar-refractivity contribution in [3.05, 3.63) is 53.1 Å². The number of carbonyl (C=O) groups excluding carboxylic acids is 2. The molecule has 0 radical (unpaired) electrons. The molecule has 27 heavy (non-hydrogen) atoms. The van der Waals surface area contributed by atoms with Gasteiger partial charge in [0.1, 0.15) is 23.4 Å². The molecule has 0 fully saturated rings. The molecular weight excluding hydrogens is 348 g/mol. The summed E-state index contributed by atoms with van der Waals surface area (Å²) >= 11 is 0. The number of rotatable bonds is 4. The Morgan fingerprint density at radius 2 is 1.74 bits per heavy atom. The van der Waals surface area contributed by atoms with Crippen molar-refractivity contribution in [2.24, 2.45) is 0 Å². The van der Waals surface area contributed by atoms with Crippen LogP contribution in [-0.2, 0) is 20.7 Å². The van der Waals surface area contributed by atoms with Gasteiger partial charge in [-0.05, 0) is 36.2 Å². The zero-order valence-corrected chi connectivity index (χ0v) is 15.8. The predicted octanol–water partition coefficient (Wildman–Crippen LogP) is 3.54. The van der Waals surface area contributed by atoms with E-state index in [1.54, 1.807) is 31.4 Å². The van der Waals surface area contributed by atoms with E-state index >= 15 is 0 Å². The van der Waals surface area contributed by atoms with Crippen LogP contribution in [0.1, 0.15) is 36.6 Å². The van der Waals surface area contributed by atoms with Crippen LogP contribution in [-0.4, -0.2) is 25.2 Å². The second-order valence-corrected chi connectivity index (χ2v) is 6.43. The van der Waals surface area contributed by atoms with E-state index in [1.165, 1.54) is 13.8 Å². The van der Waals surface area contributed by atoms with Gasteiger partial charge in [0.2, 0.25) is 0 Å². The first-order valence-electron chi connectivity index (χ1n) is 8.67. The van der Waals surface area contributed by atoms with Crippen LogP contribution in [0.2, 0.25) is 0 Å². The number of fused-ring (bicyclic) bond motifs is 1. The standard InChI is InChI=1S/C21H22O6/c1-12-18(24-4)10-7-16-11-19(26-14(3)23)21(27-20(12)16)15-5-8-17(9-6-15)25-13(2)22/h5-10,19,21H,11H2,1-4H3/t19-,21-/m1/s1. The minimum Gasteiger partial charge on any atom is -0.496 e. The molecule has 0 N–H and O–H groups in total. The SMILES string of the molecule is COc1ccc2c(c1C)O[C@H](c1ccc(OC(C)=O)cc1)[C@H](OC(C)=O)C2. The van der Waals surface area contributed by atoms with E-state index in [4.69, 9.17) is 18.9 Å². The number of benzene rings is 2. The Morgan fingerprint density at radius 3 is 2.33 bits per heavy atom. The fourth-order valence-electron chi connectivity index (χ4n) is 3.29. The first kappa shape index (κ1) is 18.8. The lowest BCUT2D eigenvalue weighted by atomic mass is 9.93. The molecule has 6 nitrogen and oxygen atoms in total. The monoisotopic (exact) mass is 370 g/mol. The van der Waals surface area contributed by atoms with Crippen LogP contribution < -0.4 is 14.2 Å². The van der Waals surface area contributed by atoms with Crippen LogP contribution in [0.15, 0.2) is 36.4 Å². The highest BCUT2D eigenvalue weighted by atomic mass is 16.6. The van der Waals surface area contributed by atoms with Crippen molar-refractivity contribution in [1.82, 2.24) is 0 Å². The number of methoxy groups -OCH3 is 1. The molecule has 2 aromatic rings. The molecule has 2 atom stereocenters. The molecule has 1 aliphatic rings. The van der Waals surface area contributed by atoms with Crippen LogP contribution in [0.5, 0.6) is 17.2 Å². The van der Waals surface area contributed by atoms with Gasteiger partial charge in [0.05, 0.1) is 7.11 Å². The van der Waals surface area contributed by atoms with Crippen molar-refractivity contribution in [2.45, 2.75) is 39.4 Å². The number of hydrogen-bond donors (Lipinski definition) is 0. The van der Waals surface area contributed by atoms with Crippen LogP contribution >= 0.6 is 0 Å². The maximum Gasteiger partial charge on any atom is 0.308 e. The van der Waals surface area contributed by atoms with Gasteiger partial charge < -0.3 is 18.9 Å². The molecule has 0 bridgehead atoms. The zero-order valence-electron chi connectivity index (χ0n) is 15.8. The third-order valence-corrected chi connectivity index (χ3v) is 4.45. The molecule has 0 amide bonds. The van der Waals surface area contributed by atoms with Crippen molar-refractivity contribution in [2.75, 3.05) is 7.11 Å². The van der Waals surface area contributed by atoms with Crippen LogP contribution in [0.4, 0.5) is 0 Å². The molecule has 3 rings (SSSR count). The average molecular weight is 370 g/mol. The number of ether oxygens (including phenoxy) is 4. The molecule has 0 saturated carbocycles. The van der Waals surface area contributed by atoms with Crippen LogP contribution in [0.3, 0.4) is 0 Å². The summed E-state index contributed by atoms with van der Waals surface area (Å²) in [5.74, 6) is 1.18. The average Bonchev–Trinajstić information content (AvgIpc) is 2.61. The Labute approximate surface area is 158 Å². The second-order valence-electron chi connectivity index (χ2n) is 6.43. The van der Waals surface area contributed by atoms with E-state index in [0.29, 0.717) is 12.2 Å². The number of carbonyl (C=O) groups is 2. The van der Waals surface area contributed by atoms with Gasteiger partial charge in [-0.25, -0.2) is 0 Å². The molecule has 0 aromatic heterocycles. The summed E-state index contributed by atoms with van der Waals surface area (Å²) in [7, 11) is 1.62. The first-order chi connectivity index (χ1) is 12.9. The highest BCUT2D eigenvalue weighted by Gasteiger charge is 2.35. The Hall–Kier alpha value is -3.02.